The molecule has 6 nitrogen and oxygen atoms in total. The minimum atomic E-state index is -0.306. The highest BCUT2D eigenvalue weighted by Crippen LogP contribution is 2.18. The fourth-order valence-electron chi connectivity index (χ4n) is 2.96. The molecule has 0 spiro atoms. The minimum Gasteiger partial charge on any atom is -0.357 e. The molecule has 130 valence electrons. The van der Waals surface area contributed by atoms with Crippen LogP contribution in [0.3, 0.4) is 0 Å². The van der Waals surface area contributed by atoms with E-state index in [9.17, 15) is 9.59 Å². The van der Waals surface area contributed by atoms with Crippen molar-refractivity contribution < 1.29 is 9.59 Å². The summed E-state index contributed by atoms with van der Waals surface area (Å²) >= 11 is 0. The van der Waals surface area contributed by atoms with Gasteiger partial charge in [-0.05, 0) is 31.9 Å². The van der Waals surface area contributed by atoms with Crippen molar-refractivity contribution in [3.8, 4) is 0 Å². The second kappa shape index (κ2) is 7.88. The summed E-state index contributed by atoms with van der Waals surface area (Å²) in [6.45, 7) is 3.41. The summed E-state index contributed by atoms with van der Waals surface area (Å²) in [4.78, 5) is 34.6. The Bertz CT molecular complexity index is 768. The quantitative estimate of drug-likeness (QED) is 0.866. The molecule has 0 radical (unpaired) electrons. The third-order valence-corrected chi connectivity index (χ3v) is 4.34. The molecule has 0 bridgehead atoms. The van der Waals surface area contributed by atoms with Gasteiger partial charge in [-0.15, -0.1) is 0 Å². The number of carbonyl (C=O) groups is 2. The Morgan fingerprint density at radius 1 is 1.04 bits per heavy atom. The number of anilines is 2. The topological polar surface area (TPSA) is 75.2 Å². The standard InChI is InChI=1S/C19H22N4O2/c1-14(24)15-7-6-8-16(11-15)22-19(25)17-12-18(21-13-20-17)23-9-4-2-3-5-10-23/h6-8,11-13H,2-5,9-10H2,1H3,(H,22,25). The highest BCUT2D eigenvalue weighted by atomic mass is 16.2. The second-order valence-corrected chi connectivity index (χ2v) is 6.25. The largest absolute Gasteiger partial charge is 0.357 e. The Hall–Kier alpha value is -2.76. The molecule has 1 aliphatic rings. The van der Waals surface area contributed by atoms with Gasteiger partial charge in [-0.2, -0.15) is 0 Å². The summed E-state index contributed by atoms with van der Waals surface area (Å²) in [5, 5.41) is 2.80. The predicted molar refractivity (Wildman–Crippen MR) is 97.1 cm³/mol. The summed E-state index contributed by atoms with van der Waals surface area (Å²) in [5.74, 6) is 0.445. The van der Waals surface area contributed by atoms with Crippen molar-refractivity contribution in [1.29, 1.82) is 0 Å². The Balaban J connectivity index is 1.75. The van der Waals surface area contributed by atoms with Crippen molar-refractivity contribution in [3.05, 3.63) is 47.9 Å². The Morgan fingerprint density at radius 3 is 2.52 bits per heavy atom. The van der Waals surface area contributed by atoms with Crippen LogP contribution in [-0.2, 0) is 0 Å². The van der Waals surface area contributed by atoms with Gasteiger partial charge >= 0.3 is 0 Å². The van der Waals surface area contributed by atoms with Gasteiger partial charge < -0.3 is 10.2 Å². The monoisotopic (exact) mass is 338 g/mol. The summed E-state index contributed by atoms with van der Waals surface area (Å²) in [7, 11) is 0. The Labute approximate surface area is 147 Å². The number of rotatable bonds is 4. The SMILES string of the molecule is CC(=O)c1cccc(NC(=O)c2cc(N3CCCCCC3)ncn2)c1. The zero-order chi connectivity index (χ0) is 17.6. The third-order valence-electron chi connectivity index (χ3n) is 4.34. The molecule has 1 N–H and O–H groups in total. The molecule has 3 rings (SSSR count). The minimum absolute atomic E-state index is 0.0402. The molecular weight excluding hydrogens is 316 g/mol. The average molecular weight is 338 g/mol. The van der Waals surface area contributed by atoms with Crippen LogP contribution < -0.4 is 10.2 Å². The normalized spacial score (nSPS) is 14.7. The number of ketones is 1. The molecule has 1 saturated heterocycles. The van der Waals surface area contributed by atoms with Gasteiger partial charge in [-0.3, -0.25) is 9.59 Å². The van der Waals surface area contributed by atoms with Crippen molar-refractivity contribution in [3.63, 3.8) is 0 Å². The molecular formula is C19H22N4O2. The molecule has 0 atom stereocenters. The number of nitrogens with one attached hydrogen (secondary N) is 1. The average Bonchev–Trinajstić information content (AvgIpc) is 2.91. The number of nitrogens with zero attached hydrogens (tertiary/aromatic N) is 3. The zero-order valence-corrected chi connectivity index (χ0v) is 14.4. The molecule has 6 heteroatoms. The number of amides is 1. The molecule has 2 aromatic rings. The van der Waals surface area contributed by atoms with Crippen LogP contribution in [0.5, 0.6) is 0 Å². The van der Waals surface area contributed by atoms with Gasteiger partial charge in [0.05, 0.1) is 0 Å². The van der Waals surface area contributed by atoms with Gasteiger partial charge in [0.2, 0.25) is 0 Å². The predicted octanol–water partition coefficient (Wildman–Crippen LogP) is 3.31. The highest BCUT2D eigenvalue weighted by molar-refractivity contribution is 6.04. The first-order valence-corrected chi connectivity index (χ1v) is 8.63. The van der Waals surface area contributed by atoms with Crippen LogP contribution in [0.4, 0.5) is 11.5 Å². The highest BCUT2D eigenvalue weighted by Gasteiger charge is 2.15. The number of aromatic nitrogens is 2. The first-order chi connectivity index (χ1) is 12.1. The van der Waals surface area contributed by atoms with E-state index in [1.54, 1.807) is 30.3 Å². The van der Waals surface area contributed by atoms with E-state index < -0.39 is 0 Å². The van der Waals surface area contributed by atoms with Gasteiger partial charge in [0.15, 0.2) is 5.78 Å². The van der Waals surface area contributed by atoms with Gasteiger partial charge in [0.25, 0.3) is 5.91 Å². The molecule has 25 heavy (non-hydrogen) atoms. The maximum Gasteiger partial charge on any atom is 0.274 e. The van der Waals surface area contributed by atoms with Crippen molar-refractivity contribution in [1.82, 2.24) is 9.97 Å². The van der Waals surface area contributed by atoms with Gasteiger partial charge in [-0.1, -0.05) is 25.0 Å². The van der Waals surface area contributed by atoms with Crippen LogP contribution in [0.2, 0.25) is 0 Å². The molecule has 0 aliphatic carbocycles. The lowest BCUT2D eigenvalue weighted by molar-refractivity contribution is 0.100. The fourth-order valence-corrected chi connectivity index (χ4v) is 2.96. The lowest BCUT2D eigenvalue weighted by atomic mass is 10.1. The molecule has 2 heterocycles. The van der Waals surface area contributed by atoms with E-state index in [1.807, 2.05) is 0 Å². The molecule has 1 amide bonds. The molecule has 0 unspecified atom stereocenters. The van der Waals surface area contributed by atoms with Gasteiger partial charge in [0, 0.05) is 30.4 Å². The lowest BCUT2D eigenvalue weighted by Gasteiger charge is -2.21. The van der Waals surface area contributed by atoms with Crippen molar-refractivity contribution in [2.24, 2.45) is 0 Å². The first kappa shape index (κ1) is 17.1. The van der Waals surface area contributed by atoms with E-state index in [1.165, 1.54) is 26.1 Å². The second-order valence-electron chi connectivity index (χ2n) is 6.25. The number of carbonyl (C=O) groups excluding carboxylic acids is 2. The summed E-state index contributed by atoms with van der Waals surface area (Å²) < 4.78 is 0. The lowest BCUT2D eigenvalue weighted by Crippen LogP contribution is -2.25. The maximum absolute atomic E-state index is 12.5. The van der Waals surface area contributed by atoms with Crippen molar-refractivity contribution in [2.75, 3.05) is 23.3 Å². The van der Waals surface area contributed by atoms with Crippen molar-refractivity contribution >= 4 is 23.2 Å². The summed E-state index contributed by atoms with van der Waals surface area (Å²) in [5.41, 5.74) is 1.46. The van der Waals surface area contributed by atoms with Crippen LogP contribution in [0.15, 0.2) is 36.7 Å². The van der Waals surface area contributed by atoms with Crippen LogP contribution >= 0.6 is 0 Å². The molecule has 1 aromatic heterocycles. The zero-order valence-electron chi connectivity index (χ0n) is 14.4. The molecule has 1 fully saturated rings. The smallest absolute Gasteiger partial charge is 0.274 e. The van der Waals surface area contributed by atoms with Crippen LogP contribution in [0, 0.1) is 0 Å². The number of benzene rings is 1. The molecule has 0 saturated carbocycles. The molecule has 1 aromatic carbocycles. The van der Waals surface area contributed by atoms with Crippen LogP contribution in [0.1, 0.15) is 53.5 Å². The fraction of sp³-hybridized carbons (Fsp3) is 0.368. The Kier molecular flexibility index (Phi) is 5.38. The maximum atomic E-state index is 12.5. The number of hydrogen-bond acceptors (Lipinski definition) is 5. The van der Waals surface area contributed by atoms with Crippen molar-refractivity contribution in [2.45, 2.75) is 32.6 Å². The van der Waals surface area contributed by atoms with Gasteiger partial charge in [-0.25, -0.2) is 9.97 Å². The number of hydrogen-bond donors (Lipinski definition) is 1. The Morgan fingerprint density at radius 2 is 1.80 bits per heavy atom. The van der Waals surface area contributed by atoms with E-state index >= 15 is 0 Å². The van der Waals surface area contributed by atoms with E-state index in [4.69, 9.17) is 0 Å². The first-order valence-electron chi connectivity index (χ1n) is 8.63. The third kappa shape index (κ3) is 4.41. The van der Waals surface area contributed by atoms with E-state index in [0.717, 1.165) is 31.7 Å². The number of Topliss-reactive ketones (excluding diaryl/α,β-unsaturated/α-hetero) is 1. The van der Waals surface area contributed by atoms with E-state index in [2.05, 4.69) is 20.2 Å². The summed E-state index contributed by atoms with van der Waals surface area (Å²) in [6, 6.07) is 8.61. The summed E-state index contributed by atoms with van der Waals surface area (Å²) in [6.07, 6.45) is 6.19. The van der Waals surface area contributed by atoms with E-state index in [0.29, 0.717) is 16.9 Å². The van der Waals surface area contributed by atoms with Gasteiger partial charge in [0.1, 0.15) is 17.8 Å². The molecule has 1 aliphatic heterocycles. The van der Waals surface area contributed by atoms with Crippen LogP contribution in [0.25, 0.3) is 0 Å². The van der Waals surface area contributed by atoms with Crippen LogP contribution in [-0.4, -0.2) is 34.7 Å². The van der Waals surface area contributed by atoms with E-state index in [-0.39, 0.29) is 11.7 Å².